The molecule has 0 saturated heterocycles. The minimum atomic E-state index is -0.103. The van der Waals surface area contributed by atoms with Crippen molar-refractivity contribution in [3.05, 3.63) is 100 Å². The molecular weight excluding hydrogens is 344 g/mol. The predicted octanol–water partition coefficient (Wildman–Crippen LogP) is 5.19. The van der Waals surface area contributed by atoms with Gasteiger partial charge >= 0.3 is 0 Å². The predicted molar refractivity (Wildman–Crippen MR) is 108 cm³/mol. The highest BCUT2D eigenvalue weighted by Gasteiger charge is 2.06. The van der Waals surface area contributed by atoms with E-state index in [1.54, 1.807) is 0 Å². The van der Waals surface area contributed by atoms with Crippen LogP contribution in [-0.4, -0.2) is 5.91 Å². The second-order valence-corrected chi connectivity index (χ2v) is 6.69. The first kappa shape index (κ1) is 18.2. The Bertz CT molecular complexity index is 891. The molecule has 0 aliphatic carbocycles. The number of aryl methyl sites for hydroxylation is 1. The molecule has 3 aromatic carbocycles. The van der Waals surface area contributed by atoms with Crippen LogP contribution in [0, 0.1) is 6.92 Å². The van der Waals surface area contributed by atoms with Crippen molar-refractivity contribution in [3.63, 3.8) is 0 Å². The number of rotatable bonds is 6. The highest BCUT2D eigenvalue weighted by Crippen LogP contribution is 2.14. The van der Waals surface area contributed by atoms with E-state index < -0.39 is 0 Å². The third-order valence-corrected chi connectivity index (χ3v) is 4.28. The summed E-state index contributed by atoms with van der Waals surface area (Å²) < 4.78 is 0. The van der Waals surface area contributed by atoms with E-state index in [1.807, 2.05) is 79.7 Å². The Morgan fingerprint density at radius 3 is 2.23 bits per heavy atom. The quantitative estimate of drug-likeness (QED) is 0.632. The number of hydrogen-bond donors (Lipinski definition) is 2. The van der Waals surface area contributed by atoms with Crippen molar-refractivity contribution in [2.75, 3.05) is 5.32 Å². The molecule has 0 aromatic heterocycles. The zero-order valence-electron chi connectivity index (χ0n) is 14.6. The summed E-state index contributed by atoms with van der Waals surface area (Å²) in [4.78, 5) is 12.3. The summed E-state index contributed by atoms with van der Waals surface area (Å²) in [5, 5.41) is 7.08. The lowest BCUT2D eigenvalue weighted by Crippen LogP contribution is -2.14. The molecule has 3 rings (SSSR count). The zero-order chi connectivity index (χ0) is 18.4. The molecule has 0 aliphatic heterocycles. The van der Waals surface area contributed by atoms with Crippen LogP contribution in [0.3, 0.4) is 0 Å². The van der Waals surface area contributed by atoms with E-state index in [4.69, 9.17) is 11.6 Å². The van der Waals surface area contributed by atoms with Crippen LogP contribution in [0.2, 0.25) is 5.02 Å². The lowest BCUT2D eigenvalue weighted by Gasteiger charge is -2.09. The van der Waals surface area contributed by atoms with Gasteiger partial charge in [0.1, 0.15) is 0 Å². The van der Waals surface area contributed by atoms with Gasteiger partial charge in [0.05, 0.1) is 0 Å². The second-order valence-electron chi connectivity index (χ2n) is 6.25. The van der Waals surface area contributed by atoms with Crippen LogP contribution in [0.15, 0.2) is 72.8 Å². The fourth-order valence-electron chi connectivity index (χ4n) is 2.67. The Balaban J connectivity index is 1.57. The van der Waals surface area contributed by atoms with Crippen LogP contribution >= 0.6 is 11.6 Å². The van der Waals surface area contributed by atoms with Gasteiger partial charge in [-0.25, -0.2) is 0 Å². The fraction of sp³-hybridized carbons (Fsp3) is 0.136. The topological polar surface area (TPSA) is 41.1 Å². The molecule has 0 aliphatic rings. The van der Waals surface area contributed by atoms with Crippen molar-refractivity contribution in [1.82, 2.24) is 5.32 Å². The summed E-state index contributed by atoms with van der Waals surface area (Å²) in [5.74, 6) is -0.103. The molecule has 26 heavy (non-hydrogen) atoms. The van der Waals surface area contributed by atoms with Crippen LogP contribution in [0.4, 0.5) is 5.69 Å². The molecular formula is C22H21ClN2O. The normalized spacial score (nSPS) is 10.5. The Labute approximate surface area is 159 Å². The lowest BCUT2D eigenvalue weighted by molar-refractivity contribution is 0.102. The first-order valence-electron chi connectivity index (χ1n) is 8.52. The third-order valence-electron chi connectivity index (χ3n) is 4.05. The van der Waals surface area contributed by atoms with Crippen molar-refractivity contribution in [3.8, 4) is 0 Å². The summed E-state index contributed by atoms with van der Waals surface area (Å²) in [6.45, 7) is 3.45. The van der Waals surface area contributed by atoms with E-state index in [9.17, 15) is 4.79 Å². The van der Waals surface area contributed by atoms with Gasteiger partial charge in [-0.3, -0.25) is 4.79 Å². The van der Waals surface area contributed by atoms with Gasteiger partial charge in [0, 0.05) is 29.4 Å². The van der Waals surface area contributed by atoms with Crippen molar-refractivity contribution in [2.45, 2.75) is 20.0 Å². The summed E-state index contributed by atoms with van der Waals surface area (Å²) in [6, 6.07) is 23.2. The van der Waals surface area contributed by atoms with E-state index in [0.717, 1.165) is 33.9 Å². The van der Waals surface area contributed by atoms with Crippen LogP contribution in [0.25, 0.3) is 0 Å². The molecule has 0 radical (unpaired) electrons. The average Bonchev–Trinajstić information content (AvgIpc) is 2.63. The van der Waals surface area contributed by atoms with Crippen molar-refractivity contribution in [1.29, 1.82) is 0 Å². The number of hydrogen-bond acceptors (Lipinski definition) is 2. The van der Waals surface area contributed by atoms with Gasteiger partial charge in [0.15, 0.2) is 0 Å². The maximum Gasteiger partial charge on any atom is 0.255 e. The molecule has 0 unspecified atom stereocenters. The second kappa shape index (κ2) is 8.65. The van der Waals surface area contributed by atoms with E-state index in [0.29, 0.717) is 12.1 Å². The number of anilines is 1. The number of nitrogens with one attached hydrogen (secondary N) is 2. The molecule has 0 saturated carbocycles. The number of benzene rings is 3. The fourth-order valence-corrected chi connectivity index (χ4v) is 2.88. The van der Waals surface area contributed by atoms with Crippen molar-refractivity contribution in [2.24, 2.45) is 0 Å². The van der Waals surface area contributed by atoms with Crippen LogP contribution in [-0.2, 0) is 13.1 Å². The van der Waals surface area contributed by atoms with Gasteiger partial charge in [-0.15, -0.1) is 0 Å². The first-order chi connectivity index (χ1) is 12.6. The van der Waals surface area contributed by atoms with Crippen LogP contribution < -0.4 is 10.6 Å². The lowest BCUT2D eigenvalue weighted by atomic mass is 10.1. The van der Waals surface area contributed by atoms with Crippen molar-refractivity contribution >= 4 is 23.2 Å². The van der Waals surface area contributed by atoms with Gasteiger partial charge in [-0.2, -0.15) is 0 Å². The highest BCUT2D eigenvalue weighted by atomic mass is 35.5. The zero-order valence-corrected chi connectivity index (χ0v) is 15.4. The molecule has 0 heterocycles. The molecule has 0 bridgehead atoms. The minimum Gasteiger partial charge on any atom is -0.322 e. The standard InChI is InChI=1S/C22H21ClN2O/c1-16-8-10-19(11-9-16)22(26)25-21-7-3-5-18(13-21)15-24-14-17-4-2-6-20(23)12-17/h2-13,24H,14-15H2,1H3,(H,25,26). The minimum absolute atomic E-state index is 0.103. The Kier molecular flexibility index (Phi) is 6.05. The van der Waals surface area contributed by atoms with Gasteiger partial charge in [-0.1, -0.05) is 53.6 Å². The molecule has 0 atom stereocenters. The van der Waals surface area contributed by atoms with Gasteiger partial charge in [0.25, 0.3) is 5.91 Å². The third kappa shape index (κ3) is 5.19. The summed E-state index contributed by atoms with van der Waals surface area (Å²) in [6.07, 6.45) is 0. The Morgan fingerprint density at radius 1 is 0.885 bits per heavy atom. The maximum absolute atomic E-state index is 12.3. The SMILES string of the molecule is Cc1ccc(C(=O)Nc2cccc(CNCc3cccc(Cl)c3)c2)cc1. The molecule has 3 aromatic rings. The summed E-state index contributed by atoms with van der Waals surface area (Å²) >= 11 is 6.00. The molecule has 0 spiro atoms. The van der Waals surface area contributed by atoms with E-state index in [-0.39, 0.29) is 5.91 Å². The number of amides is 1. The maximum atomic E-state index is 12.3. The van der Waals surface area contributed by atoms with Gasteiger partial charge in [-0.05, 0) is 54.4 Å². The smallest absolute Gasteiger partial charge is 0.255 e. The number of carbonyl (C=O) groups is 1. The van der Waals surface area contributed by atoms with Crippen molar-refractivity contribution < 1.29 is 4.79 Å². The monoisotopic (exact) mass is 364 g/mol. The van der Waals surface area contributed by atoms with Gasteiger partial charge < -0.3 is 10.6 Å². The average molecular weight is 365 g/mol. The largest absolute Gasteiger partial charge is 0.322 e. The Morgan fingerprint density at radius 2 is 1.54 bits per heavy atom. The number of carbonyl (C=O) groups excluding carboxylic acids is 1. The Hall–Kier alpha value is -2.62. The summed E-state index contributed by atoms with van der Waals surface area (Å²) in [5.41, 5.74) is 4.82. The molecule has 0 fully saturated rings. The van der Waals surface area contributed by atoms with Gasteiger partial charge in [0.2, 0.25) is 0 Å². The van der Waals surface area contributed by atoms with E-state index in [1.165, 1.54) is 0 Å². The molecule has 1 amide bonds. The van der Waals surface area contributed by atoms with Crippen LogP contribution in [0.5, 0.6) is 0 Å². The highest BCUT2D eigenvalue weighted by molar-refractivity contribution is 6.30. The molecule has 4 heteroatoms. The van der Waals surface area contributed by atoms with E-state index in [2.05, 4.69) is 10.6 Å². The summed E-state index contributed by atoms with van der Waals surface area (Å²) in [7, 11) is 0. The molecule has 2 N–H and O–H groups in total. The molecule has 132 valence electrons. The first-order valence-corrected chi connectivity index (χ1v) is 8.90. The van der Waals surface area contributed by atoms with E-state index >= 15 is 0 Å². The van der Waals surface area contributed by atoms with Crippen LogP contribution in [0.1, 0.15) is 27.0 Å². The molecule has 3 nitrogen and oxygen atoms in total. The number of halogens is 1.